The fourth-order valence-corrected chi connectivity index (χ4v) is 4.61. The lowest BCUT2D eigenvalue weighted by Gasteiger charge is -2.35. The molecular formula is C25H32N3P. The minimum Gasteiger partial charge on any atom is -0.371 e. The molecule has 1 N–H and O–H groups in total. The van der Waals surface area contributed by atoms with Gasteiger partial charge in [-0.2, -0.15) is 0 Å². The van der Waals surface area contributed by atoms with Crippen LogP contribution in [-0.4, -0.2) is 23.1 Å². The molecule has 3 nitrogen and oxygen atoms in total. The second-order valence-electron chi connectivity index (χ2n) is 8.68. The molecule has 0 bridgehead atoms. The molecule has 4 heteroatoms. The van der Waals surface area contributed by atoms with Crippen LogP contribution in [0.1, 0.15) is 61.0 Å². The van der Waals surface area contributed by atoms with E-state index in [0.717, 1.165) is 25.9 Å². The summed E-state index contributed by atoms with van der Waals surface area (Å²) in [7, 11) is 2.83. The number of benzene rings is 2. The van der Waals surface area contributed by atoms with Gasteiger partial charge in [-0.1, -0.05) is 44.2 Å². The highest BCUT2D eigenvalue weighted by atomic mass is 31.0. The smallest absolute Gasteiger partial charge is 0.0925 e. The third kappa shape index (κ3) is 4.12. The molecule has 0 radical (unpaired) electrons. The van der Waals surface area contributed by atoms with Gasteiger partial charge in [-0.3, -0.25) is 0 Å². The van der Waals surface area contributed by atoms with Crippen LogP contribution in [0, 0.1) is 13.8 Å². The molecule has 1 aliphatic rings. The largest absolute Gasteiger partial charge is 0.371 e. The Balaban J connectivity index is 1.65. The average Bonchev–Trinajstić information content (AvgIpc) is 3.15. The molecule has 1 saturated heterocycles. The number of hydrogen-bond acceptors (Lipinski definition) is 2. The number of rotatable bonds is 4. The van der Waals surface area contributed by atoms with Crippen molar-refractivity contribution in [1.29, 1.82) is 0 Å². The van der Waals surface area contributed by atoms with Crippen molar-refractivity contribution < 1.29 is 0 Å². The van der Waals surface area contributed by atoms with Gasteiger partial charge in [0.15, 0.2) is 0 Å². The average molecular weight is 406 g/mol. The number of nitrogens with zero attached hydrogens (tertiary/aromatic N) is 2. The van der Waals surface area contributed by atoms with Crippen molar-refractivity contribution in [2.45, 2.75) is 52.4 Å². The number of aromatic amines is 1. The van der Waals surface area contributed by atoms with E-state index in [1.807, 2.05) is 6.33 Å². The summed E-state index contributed by atoms with van der Waals surface area (Å²) in [6, 6.07) is 13.8. The lowest BCUT2D eigenvalue weighted by Crippen LogP contribution is -2.33. The molecule has 1 atom stereocenters. The lowest BCUT2D eigenvalue weighted by molar-refractivity contribution is 0.496. The van der Waals surface area contributed by atoms with Gasteiger partial charge in [-0.05, 0) is 60.7 Å². The first-order valence-corrected chi connectivity index (χ1v) is 11.3. The van der Waals surface area contributed by atoms with E-state index in [9.17, 15) is 0 Å². The molecule has 1 aromatic heterocycles. The molecule has 1 fully saturated rings. The molecule has 0 aliphatic carbocycles. The molecule has 0 saturated carbocycles. The Morgan fingerprint density at radius 3 is 2.45 bits per heavy atom. The number of hydrogen-bond donors (Lipinski definition) is 1. The van der Waals surface area contributed by atoms with Crippen LogP contribution in [0.3, 0.4) is 0 Å². The number of aromatic nitrogens is 2. The van der Waals surface area contributed by atoms with Crippen molar-refractivity contribution in [1.82, 2.24) is 9.97 Å². The van der Waals surface area contributed by atoms with Crippen LogP contribution in [-0.2, 0) is 0 Å². The Bertz CT molecular complexity index is 997. The highest BCUT2D eigenvalue weighted by Crippen LogP contribution is 2.37. The van der Waals surface area contributed by atoms with E-state index in [1.54, 1.807) is 0 Å². The van der Waals surface area contributed by atoms with Crippen LogP contribution in [0.5, 0.6) is 0 Å². The normalized spacial score (nSPS) is 15.3. The maximum absolute atomic E-state index is 4.58. The van der Waals surface area contributed by atoms with Crippen molar-refractivity contribution in [2.75, 3.05) is 18.0 Å². The van der Waals surface area contributed by atoms with E-state index in [1.165, 1.54) is 44.6 Å². The van der Waals surface area contributed by atoms with Crippen LogP contribution in [0.25, 0.3) is 11.1 Å². The fraction of sp³-hybridized carbons (Fsp3) is 0.400. The number of aryl methyl sites for hydroxylation is 2. The molecule has 1 aliphatic heterocycles. The zero-order valence-corrected chi connectivity index (χ0v) is 19.2. The van der Waals surface area contributed by atoms with Gasteiger partial charge in [0.1, 0.15) is 0 Å². The molecule has 3 aromatic rings. The molecule has 29 heavy (non-hydrogen) atoms. The second kappa shape index (κ2) is 8.32. The highest BCUT2D eigenvalue weighted by molar-refractivity contribution is 7.27. The Morgan fingerprint density at radius 1 is 1.07 bits per heavy atom. The van der Waals surface area contributed by atoms with Crippen LogP contribution in [0.4, 0.5) is 5.69 Å². The Hall–Kier alpha value is -2.12. The lowest BCUT2D eigenvalue weighted by atomic mass is 9.90. The summed E-state index contributed by atoms with van der Waals surface area (Å²) in [5.74, 6) is 1.09. The minimum atomic E-state index is 0.531. The number of piperidine rings is 1. The quantitative estimate of drug-likeness (QED) is 0.565. The van der Waals surface area contributed by atoms with Gasteiger partial charge in [0.2, 0.25) is 0 Å². The molecule has 1 unspecified atom stereocenters. The molecule has 2 heterocycles. The minimum absolute atomic E-state index is 0.531. The van der Waals surface area contributed by atoms with Crippen LogP contribution in [0.15, 0.2) is 42.7 Å². The summed E-state index contributed by atoms with van der Waals surface area (Å²) < 4.78 is 0. The van der Waals surface area contributed by atoms with Crippen LogP contribution < -0.4 is 10.2 Å². The van der Waals surface area contributed by atoms with Gasteiger partial charge in [-0.15, -0.1) is 9.24 Å². The second-order valence-corrected chi connectivity index (χ2v) is 9.30. The molecule has 0 amide bonds. The highest BCUT2D eigenvalue weighted by Gasteiger charge is 2.25. The third-order valence-corrected chi connectivity index (χ3v) is 7.01. The van der Waals surface area contributed by atoms with Crippen molar-refractivity contribution in [3.8, 4) is 11.1 Å². The van der Waals surface area contributed by atoms with Gasteiger partial charge in [0.05, 0.1) is 12.0 Å². The van der Waals surface area contributed by atoms with Crippen molar-refractivity contribution in [2.24, 2.45) is 0 Å². The third-order valence-electron chi connectivity index (χ3n) is 6.36. The van der Waals surface area contributed by atoms with Gasteiger partial charge in [0.25, 0.3) is 0 Å². The maximum atomic E-state index is 4.58. The van der Waals surface area contributed by atoms with E-state index in [0.29, 0.717) is 11.8 Å². The predicted molar refractivity (Wildman–Crippen MR) is 128 cm³/mol. The summed E-state index contributed by atoms with van der Waals surface area (Å²) in [5.41, 5.74) is 9.24. The fourth-order valence-electron chi connectivity index (χ4n) is 4.43. The summed E-state index contributed by atoms with van der Waals surface area (Å²) in [6.45, 7) is 11.0. The van der Waals surface area contributed by atoms with Gasteiger partial charge in [-0.25, -0.2) is 4.98 Å². The summed E-state index contributed by atoms with van der Waals surface area (Å²) in [6.07, 6.45) is 4.14. The molecule has 4 rings (SSSR count). The number of H-pyrrole nitrogens is 1. The van der Waals surface area contributed by atoms with Crippen molar-refractivity contribution in [3.63, 3.8) is 0 Å². The van der Waals surface area contributed by atoms with E-state index < -0.39 is 0 Å². The van der Waals surface area contributed by atoms with E-state index in [4.69, 9.17) is 0 Å². The molecule has 2 aromatic carbocycles. The number of anilines is 1. The Kier molecular flexibility index (Phi) is 5.79. The monoisotopic (exact) mass is 405 g/mol. The first-order chi connectivity index (χ1) is 13.9. The van der Waals surface area contributed by atoms with Gasteiger partial charge < -0.3 is 9.88 Å². The van der Waals surface area contributed by atoms with E-state index in [2.05, 4.69) is 88.2 Å². The SMILES string of the molecule is Cc1cc(-c2ccc(C(C)C)cc2N2CCC(c3nc[nH]c3C)CC2)ccc1P. The number of nitrogens with one attached hydrogen (secondary N) is 1. The topological polar surface area (TPSA) is 31.9 Å². The summed E-state index contributed by atoms with van der Waals surface area (Å²) >= 11 is 0. The summed E-state index contributed by atoms with van der Waals surface area (Å²) in [5, 5.41) is 1.27. The van der Waals surface area contributed by atoms with Crippen molar-refractivity contribution >= 4 is 20.2 Å². The van der Waals surface area contributed by atoms with E-state index >= 15 is 0 Å². The Labute approximate surface area is 177 Å². The molecular weight excluding hydrogens is 373 g/mol. The molecule has 152 valence electrons. The zero-order valence-electron chi connectivity index (χ0n) is 18.0. The standard InChI is InChI=1S/C25H32N3P/c1-16(2)20-5-7-22(21-6-8-24(29)17(3)13-21)23(14-20)28-11-9-19(10-12-28)25-18(4)26-15-27-25/h5-8,13-16,19H,9-12,29H2,1-4H3,(H,26,27). The first-order valence-electron chi connectivity index (χ1n) is 10.7. The van der Waals surface area contributed by atoms with Gasteiger partial charge >= 0.3 is 0 Å². The summed E-state index contributed by atoms with van der Waals surface area (Å²) in [4.78, 5) is 10.4. The van der Waals surface area contributed by atoms with Crippen LogP contribution >= 0.6 is 9.24 Å². The Morgan fingerprint density at radius 2 is 1.83 bits per heavy atom. The van der Waals surface area contributed by atoms with Gasteiger partial charge in [0, 0.05) is 36.0 Å². The van der Waals surface area contributed by atoms with Crippen molar-refractivity contribution in [3.05, 3.63) is 65.2 Å². The number of imidazole rings is 1. The predicted octanol–water partition coefficient (Wildman–Crippen LogP) is 5.70. The maximum Gasteiger partial charge on any atom is 0.0925 e. The van der Waals surface area contributed by atoms with Crippen LogP contribution in [0.2, 0.25) is 0 Å². The zero-order chi connectivity index (χ0) is 20.5. The first kappa shape index (κ1) is 20.2. The molecule has 0 spiro atoms. The van der Waals surface area contributed by atoms with E-state index in [-0.39, 0.29) is 0 Å².